The average Bonchev–Trinajstić information content (AvgIpc) is 3.12. The van der Waals surface area contributed by atoms with Crippen LogP contribution in [0.2, 0.25) is 0 Å². The molecular weight excluding hydrogens is 306 g/mol. The third-order valence-corrected chi connectivity index (χ3v) is 4.22. The quantitative estimate of drug-likeness (QED) is 0.844. The van der Waals surface area contributed by atoms with Gasteiger partial charge in [0.15, 0.2) is 0 Å². The predicted molar refractivity (Wildman–Crippen MR) is 90.2 cm³/mol. The van der Waals surface area contributed by atoms with E-state index in [1.807, 2.05) is 29.0 Å². The van der Waals surface area contributed by atoms with Crippen LogP contribution in [0.15, 0.2) is 36.9 Å². The Morgan fingerprint density at radius 3 is 3.21 bits per heavy atom. The largest absolute Gasteiger partial charge is 0.497 e. The first-order valence-corrected chi connectivity index (χ1v) is 8.27. The maximum absolute atomic E-state index is 11.9. The fourth-order valence-corrected chi connectivity index (χ4v) is 2.86. The molecule has 0 saturated carbocycles. The number of hydrogen-bond donors (Lipinski definition) is 1. The van der Waals surface area contributed by atoms with E-state index in [0.29, 0.717) is 25.5 Å². The fraction of sp³-hybridized carbons (Fsp3) is 0.444. The zero-order chi connectivity index (χ0) is 16.8. The molecule has 2 heterocycles. The van der Waals surface area contributed by atoms with Gasteiger partial charge in [0, 0.05) is 43.9 Å². The summed E-state index contributed by atoms with van der Waals surface area (Å²) in [5.41, 5.74) is 1.17. The summed E-state index contributed by atoms with van der Waals surface area (Å²) >= 11 is 0. The van der Waals surface area contributed by atoms with Crippen molar-refractivity contribution in [2.75, 3.05) is 20.3 Å². The molecule has 1 aliphatic rings. The molecule has 2 aromatic rings. The standard InChI is InChI=1S/C18H23N3O3/c1-23-16-5-4-15-9-14(12-24-17(15)10-16)11-20-18(22)3-2-7-21-8-6-19-13-21/h4-6,8,10,13-14H,2-3,7,9,11-12H2,1H3,(H,20,22)/t14-/m0/s1. The lowest BCUT2D eigenvalue weighted by atomic mass is 9.96. The molecule has 1 aromatic carbocycles. The van der Waals surface area contributed by atoms with Crippen LogP contribution in [0.3, 0.4) is 0 Å². The molecule has 3 rings (SSSR count). The van der Waals surface area contributed by atoms with Crippen LogP contribution in [0.5, 0.6) is 11.5 Å². The molecule has 6 nitrogen and oxygen atoms in total. The summed E-state index contributed by atoms with van der Waals surface area (Å²) < 4.78 is 13.0. The van der Waals surface area contributed by atoms with E-state index in [1.165, 1.54) is 5.56 Å². The lowest BCUT2D eigenvalue weighted by Gasteiger charge is -2.25. The molecule has 0 saturated heterocycles. The highest BCUT2D eigenvalue weighted by atomic mass is 16.5. The number of imidazole rings is 1. The lowest BCUT2D eigenvalue weighted by molar-refractivity contribution is -0.121. The second kappa shape index (κ2) is 7.86. The van der Waals surface area contributed by atoms with Crippen LogP contribution in [0.1, 0.15) is 18.4 Å². The molecular formula is C18H23N3O3. The number of ether oxygens (including phenoxy) is 2. The second-order valence-corrected chi connectivity index (χ2v) is 6.06. The van der Waals surface area contributed by atoms with Gasteiger partial charge < -0.3 is 19.4 Å². The molecule has 0 unspecified atom stereocenters. The third kappa shape index (κ3) is 4.28. The smallest absolute Gasteiger partial charge is 0.220 e. The van der Waals surface area contributed by atoms with Crippen molar-refractivity contribution in [1.82, 2.24) is 14.9 Å². The van der Waals surface area contributed by atoms with E-state index in [9.17, 15) is 4.79 Å². The van der Waals surface area contributed by atoms with Crippen LogP contribution in [-0.4, -0.2) is 35.7 Å². The van der Waals surface area contributed by atoms with Gasteiger partial charge in [0.25, 0.3) is 0 Å². The Labute approximate surface area is 141 Å². The first kappa shape index (κ1) is 16.4. The highest BCUT2D eigenvalue weighted by Gasteiger charge is 2.20. The Morgan fingerprint density at radius 2 is 2.42 bits per heavy atom. The molecule has 0 radical (unpaired) electrons. The van der Waals surface area contributed by atoms with Gasteiger partial charge in [-0.2, -0.15) is 0 Å². The number of benzene rings is 1. The van der Waals surface area contributed by atoms with Crippen molar-refractivity contribution in [2.45, 2.75) is 25.8 Å². The predicted octanol–water partition coefficient (Wildman–Crippen LogP) is 2.04. The van der Waals surface area contributed by atoms with Gasteiger partial charge in [-0.05, 0) is 24.5 Å². The summed E-state index contributed by atoms with van der Waals surface area (Å²) in [5.74, 6) is 2.09. The van der Waals surface area contributed by atoms with E-state index < -0.39 is 0 Å². The van der Waals surface area contributed by atoms with E-state index in [1.54, 1.807) is 19.6 Å². The van der Waals surface area contributed by atoms with Crippen molar-refractivity contribution < 1.29 is 14.3 Å². The van der Waals surface area contributed by atoms with E-state index in [-0.39, 0.29) is 5.91 Å². The summed E-state index contributed by atoms with van der Waals surface area (Å²) in [5, 5.41) is 3.02. The number of carbonyl (C=O) groups excluding carboxylic acids is 1. The second-order valence-electron chi connectivity index (χ2n) is 6.06. The molecule has 1 aromatic heterocycles. The van der Waals surface area contributed by atoms with Crippen molar-refractivity contribution in [2.24, 2.45) is 5.92 Å². The van der Waals surface area contributed by atoms with E-state index in [4.69, 9.17) is 9.47 Å². The first-order valence-electron chi connectivity index (χ1n) is 8.27. The monoisotopic (exact) mass is 329 g/mol. The minimum atomic E-state index is 0.0932. The molecule has 1 amide bonds. The molecule has 0 aliphatic carbocycles. The zero-order valence-corrected chi connectivity index (χ0v) is 13.9. The number of rotatable bonds is 7. The summed E-state index contributed by atoms with van der Waals surface area (Å²) in [7, 11) is 1.65. The number of nitrogens with zero attached hydrogens (tertiary/aromatic N) is 2. The molecule has 6 heteroatoms. The van der Waals surface area contributed by atoms with Crippen LogP contribution in [-0.2, 0) is 17.8 Å². The average molecular weight is 329 g/mol. The number of carbonyl (C=O) groups is 1. The van der Waals surface area contributed by atoms with E-state index >= 15 is 0 Å². The van der Waals surface area contributed by atoms with Gasteiger partial charge >= 0.3 is 0 Å². The summed E-state index contributed by atoms with van der Waals surface area (Å²) in [6, 6.07) is 5.90. The molecule has 1 aliphatic heterocycles. The number of methoxy groups -OCH3 is 1. The van der Waals surface area contributed by atoms with Crippen LogP contribution < -0.4 is 14.8 Å². The maximum atomic E-state index is 11.9. The molecule has 1 N–H and O–H groups in total. The molecule has 128 valence electrons. The minimum absolute atomic E-state index is 0.0932. The number of nitrogens with one attached hydrogen (secondary N) is 1. The molecule has 24 heavy (non-hydrogen) atoms. The van der Waals surface area contributed by atoms with Crippen molar-refractivity contribution in [3.05, 3.63) is 42.5 Å². The number of amides is 1. The number of aromatic nitrogens is 2. The van der Waals surface area contributed by atoms with Gasteiger partial charge in [-0.1, -0.05) is 6.07 Å². The highest BCUT2D eigenvalue weighted by Crippen LogP contribution is 2.30. The van der Waals surface area contributed by atoms with Crippen molar-refractivity contribution in [3.8, 4) is 11.5 Å². The van der Waals surface area contributed by atoms with Gasteiger partial charge in [-0.25, -0.2) is 4.98 Å². The van der Waals surface area contributed by atoms with E-state index in [0.717, 1.165) is 30.9 Å². The van der Waals surface area contributed by atoms with Crippen molar-refractivity contribution in [1.29, 1.82) is 0 Å². The summed E-state index contributed by atoms with van der Waals surface area (Å²) in [6.45, 7) is 2.08. The Hall–Kier alpha value is -2.50. The zero-order valence-electron chi connectivity index (χ0n) is 13.9. The normalized spacial score (nSPS) is 16.1. The SMILES string of the molecule is COc1ccc2c(c1)OC[C@H](CNC(=O)CCCn1ccnc1)C2. The topological polar surface area (TPSA) is 65.4 Å². The maximum Gasteiger partial charge on any atom is 0.220 e. The van der Waals surface area contributed by atoms with Crippen LogP contribution in [0, 0.1) is 5.92 Å². The Kier molecular flexibility index (Phi) is 5.36. The Morgan fingerprint density at radius 1 is 1.50 bits per heavy atom. The van der Waals surface area contributed by atoms with Gasteiger partial charge in [-0.15, -0.1) is 0 Å². The van der Waals surface area contributed by atoms with Gasteiger partial charge in [0.1, 0.15) is 11.5 Å². The van der Waals surface area contributed by atoms with E-state index in [2.05, 4.69) is 10.3 Å². The van der Waals surface area contributed by atoms with Crippen LogP contribution in [0.25, 0.3) is 0 Å². The molecule has 0 fully saturated rings. The van der Waals surface area contributed by atoms with Crippen LogP contribution in [0.4, 0.5) is 0 Å². The number of fused-ring (bicyclic) bond motifs is 1. The summed E-state index contributed by atoms with van der Waals surface area (Å²) in [6.07, 6.45) is 7.67. The number of aryl methyl sites for hydroxylation is 1. The Bertz CT molecular complexity index is 670. The molecule has 0 bridgehead atoms. The summed E-state index contributed by atoms with van der Waals surface area (Å²) in [4.78, 5) is 15.9. The van der Waals surface area contributed by atoms with Gasteiger partial charge in [-0.3, -0.25) is 4.79 Å². The fourth-order valence-electron chi connectivity index (χ4n) is 2.86. The minimum Gasteiger partial charge on any atom is -0.497 e. The van der Waals surface area contributed by atoms with Crippen LogP contribution >= 0.6 is 0 Å². The van der Waals surface area contributed by atoms with Gasteiger partial charge in [0.2, 0.25) is 5.91 Å². The van der Waals surface area contributed by atoms with Crippen molar-refractivity contribution >= 4 is 5.91 Å². The molecule has 1 atom stereocenters. The third-order valence-electron chi connectivity index (χ3n) is 4.22. The lowest BCUT2D eigenvalue weighted by Crippen LogP contribution is -2.34. The van der Waals surface area contributed by atoms with Crippen molar-refractivity contribution in [3.63, 3.8) is 0 Å². The first-order chi connectivity index (χ1) is 11.7. The van der Waals surface area contributed by atoms with Gasteiger partial charge in [0.05, 0.1) is 20.0 Å². The Balaban J connectivity index is 1.39. The number of hydrogen-bond acceptors (Lipinski definition) is 4. The molecule has 0 spiro atoms. The highest BCUT2D eigenvalue weighted by molar-refractivity contribution is 5.75.